The Morgan fingerprint density at radius 3 is 2.50 bits per heavy atom. The second kappa shape index (κ2) is 6.78. The van der Waals surface area contributed by atoms with Crippen LogP contribution in [0.2, 0.25) is 0 Å². The maximum Gasteiger partial charge on any atom is 0.281 e. The molecule has 0 aliphatic heterocycles. The van der Waals surface area contributed by atoms with E-state index in [4.69, 9.17) is 0 Å². The summed E-state index contributed by atoms with van der Waals surface area (Å²) in [5, 5.41) is 6.16. The van der Waals surface area contributed by atoms with Crippen LogP contribution in [0, 0.1) is 0 Å². The van der Waals surface area contributed by atoms with Crippen molar-refractivity contribution in [3.8, 4) is 0 Å². The molecule has 4 nitrogen and oxygen atoms in total. The number of rotatable bonds is 4. The Morgan fingerprint density at radius 1 is 1.00 bits per heavy atom. The molecule has 0 aliphatic carbocycles. The summed E-state index contributed by atoms with van der Waals surface area (Å²) in [6, 6.07) is 17.1. The summed E-state index contributed by atoms with van der Waals surface area (Å²) in [6.07, 6.45) is 3.43. The number of pyridine rings is 1. The van der Waals surface area contributed by atoms with Gasteiger partial charge in [0.2, 0.25) is 0 Å². The number of carbonyl (C=O) groups excluding carboxylic acids is 1. The summed E-state index contributed by atoms with van der Waals surface area (Å²) < 4.78 is 0. The van der Waals surface area contributed by atoms with Gasteiger partial charge in [-0.3, -0.25) is 9.78 Å². The molecule has 0 spiro atoms. The van der Waals surface area contributed by atoms with Crippen molar-refractivity contribution in [2.75, 3.05) is 0 Å². The van der Waals surface area contributed by atoms with Crippen LogP contribution in [0.25, 0.3) is 0 Å². The number of nitrogens with one attached hydrogen (secondary N) is 1. The molecule has 2 aromatic heterocycles. The van der Waals surface area contributed by atoms with Gasteiger partial charge in [0.15, 0.2) is 0 Å². The molecule has 5 heteroatoms. The first-order chi connectivity index (χ1) is 10.8. The van der Waals surface area contributed by atoms with Crippen molar-refractivity contribution < 1.29 is 4.79 Å². The number of hydrogen-bond donors (Lipinski definition) is 1. The van der Waals surface area contributed by atoms with E-state index in [2.05, 4.69) is 15.5 Å². The van der Waals surface area contributed by atoms with Crippen molar-refractivity contribution in [3.05, 3.63) is 88.4 Å². The van der Waals surface area contributed by atoms with Gasteiger partial charge in [-0.05, 0) is 23.6 Å². The molecule has 0 saturated heterocycles. The zero-order chi connectivity index (χ0) is 15.2. The van der Waals surface area contributed by atoms with Crippen molar-refractivity contribution in [1.82, 2.24) is 10.4 Å². The van der Waals surface area contributed by atoms with Gasteiger partial charge in [-0.15, -0.1) is 11.3 Å². The molecule has 0 aliphatic rings. The van der Waals surface area contributed by atoms with Gasteiger partial charge >= 0.3 is 0 Å². The van der Waals surface area contributed by atoms with E-state index >= 15 is 0 Å². The van der Waals surface area contributed by atoms with E-state index in [1.807, 2.05) is 53.9 Å². The number of carbonyl (C=O) groups is 1. The molecular weight excluding hydrogens is 294 g/mol. The van der Waals surface area contributed by atoms with E-state index in [0.29, 0.717) is 10.6 Å². The van der Waals surface area contributed by atoms with Crippen LogP contribution in [0.3, 0.4) is 0 Å². The molecule has 22 heavy (non-hydrogen) atoms. The average Bonchev–Trinajstić information content (AvgIpc) is 3.11. The van der Waals surface area contributed by atoms with Gasteiger partial charge in [-0.1, -0.05) is 36.4 Å². The van der Waals surface area contributed by atoms with Crippen molar-refractivity contribution in [1.29, 1.82) is 0 Å². The number of hydrazone groups is 1. The average molecular weight is 307 g/mol. The van der Waals surface area contributed by atoms with Gasteiger partial charge in [-0.2, -0.15) is 5.10 Å². The largest absolute Gasteiger partial charge is 0.281 e. The fourth-order valence-corrected chi connectivity index (χ4v) is 2.58. The highest BCUT2D eigenvalue weighted by Gasteiger charge is 2.09. The summed E-state index contributed by atoms with van der Waals surface area (Å²) in [5.74, 6) is -0.215. The van der Waals surface area contributed by atoms with Crippen LogP contribution >= 0.6 is 11.3 Å². The molecule has 0 bridgehead atoms. The normalized spacial score (nSPS) is 11.2. The lowest BCUT2D eigenvalue weighted by Crippen LogP contribution is -2.19. The Kier molecular flexibility index (Phi) is 4.36. The molecule has 0 radical (unpaired) electrons. The van der Waals surface area contributed by atoms with E-state index in [9.17, 15) is 4.79 Å². The number of thiophene rings is 1. The minimum atomic E-state index is -0.215. The Balaban J connectivity index is 1.92. The Bertz CT molecular complexity index is 727. The Hall–Kier alpha value is -2.79. The van der Waals surface area contributed by atoms with E-state index in [1.165, 1.54) is 11.3 Å². The summed E-state index contributed by atoms with van der Waals surface area (Å²) in [4.78, 5) is 16.8. The third-order valence-corrected chi connectivity index (χ3v) is 3.87. The quantitative estimate of drug-likeness (QED) is 0.594. The van der Waals surface area contributed by atoms with Gasteiger partial charge in [0, 0.05) is 23.5 Å². The monoisotopic (exact) mass is 307 g/mol. The van der Waals surface area contributed by atoms with Gasteiger partial charge in [0.25, 0.3) is 5.91 Å². The van der Waals surface area contributed by atoms with Gasteiger partial charge in [0.05, 0.1) is 10.6 Å². The SMILES string of the molecule is O=C(N/N=C(/c1ccccc1)c1cccnc1)c1cccs1. The van der Waals surface area contributed by atoms with Crippen molar-refractivity contribution in [2.24, 2.45) is 5.10 Å². The van der Waals surface area contributed by atoms with Gasteiger partial charge in [-0.25, -0.2) is 5.43 Å². The third kappa shape index (κ3) is 3.27. The summed E-state index contributed by atoms with van der Waals surface area (Å²) in [5.41, 5.74) is 5.06. The molecule has 0 unspecified atom stereocenters. The van der Waals surface area contributed by atoms with Crippen LogP contribution in [0.15, 0.2) is 77.5 Å². The topological polar surface area (TPSA) is 54.4 Å². The molecule has 0 fully saturated rings. The van der Waals surface area contributed by atoms with E-state index in [-0.39, 0.29) is 5.91 Å². The molecule has 2 heterocycles. The Morgan fingerprint density at radius 2 is 1.82 bits per heavy atom. The molecule has 1 amide bonds. The molecule has 108 valence electrons. The highest BCUT2D eigenvalue weighted by atomic mass is 32.1. The van der Waals surface area contributed by atoms with Crippen LogP contribution in [0.4, 0.5) is 0 Å². The molecule has 0 atom stereocenters. The first kappa shape index (κ1) is 14.2. The zero-order valence-electron chi connectivity index (χ0n) is 11.6. The lowest BCUT2D eigenvalue weighted by atomic mass is 10.0. The summed E-state index contributed by atoms with van der Waals surface area (Å²) in [6.45, 7) is 0. The highest BCUT2D eigenvalue weighted by Crippen LogP contribution is 2.11. The molecule has 0 saturated carbocycles. The fraction of sp³-hybridized carbons (Fsp3) is 0. The lowest BCUT2D eigenvalue weighted by molar-refractivity contribution is 0.0959. The number of nitrogens with zero attached hydrogens (tertiary/aromatic N) is 2. The number of aromatic nitrogens is 1. The molecule has 1 N–H and O–H groups in total. The van der Waals surface area contributed by atoms with Crippen LogP contribution in [-0.4, -0.2) is 16.6 Å². The molecule has 1 aromatic carbocycles. The first-order valence-corrected chi connectivity index (χ1v) is 7.60. The van der Waals surface area contributed by atoms with E-state index < -0.39 is 0 Å². The minimum absolute atomic E-state index is 0.215. The predicted octanol–water partition coefficient (Wildman–Crippen LogP) is 3.33. The van der Waals surface area contributed by atoms with Crippen LogP contribution in [0.5, 0.6) is 0 Å². The minimum Gasteiger partial charge on any atom is -0.266 e. The van der Waals surface area contributed by atoms with E-state index in [1.54, 1.807) is 18.5 Å². The van der Waals surface area contributed by atoms with Crippen LogP contribution < -0.4 is 5.43 Å². The maximum atomic E-state index is 12.0. The highest BCUT2D eigenvalue weighted by molar-refractivity contribution is 7.12. The van der Waals surface area contributed by atoms with Gasteiger partial charge in [0.1, 0.15) is 0 Å². The molecule has 3 rings (SSSR count). The number of hydrogen-bond acceptors (Lipinski definition) is 4. The molecular formula is C17H13N3OS. The van der Waals surface area contributed by atoms with Crippen molar-refractivity contribution in [2.45, 2.75) is 0 Å². The number of amides is 1. The standard InChI is InChI=1S/C17H13N3OS/c21-17(15-9-5-11-22-15)20-19-16(13-6-2-1-3-7-13)14-8-4-10-18-12-14/h1-12H,(H,20,21)/b19-16-. The zero-order valence-corrected chi connectivity index (χ0v) is 12.5. The van der Waals surface area contributed by atoms with E-state index in [0.717, 1.165) is 11.1 Å². The van der Waals surface area contributed by atoms with Crippen LogP contribution in [-0.2, 0) is 0 Å². The van der Waals surface area contributed by atoms with Crippen LogP contribution in [0.1, 0.15) is 20.8 Å². The Labute approximate surface area is 132 Å². The van der Waals surface area contributed by atoms with Crippen molar-refractivity contribution >= 4 is 23.0 Å². The van der Waals surface area contributed by atoms with Gasteiger partial charge < -0.3 is 0 Å². The van der Waals surface area contributed by atoms with Crippen molar-refractivity contribution in [3.63, 3.8) is 0 Å². The fourth-order valence-electron chi connectivity index (χ4n) is 1.96. The maximum absolute atomic E-state index is 12.0. The lowest BCUT2D eigenvalue weighted by Gasteiger charge is -2.07. The smallest absolute Gasteiger partial charge is 0.266 e. The second-order valence-electron chi connectivity index (χ2n) is 4.49. The number of benzene rings is 1. The summed E-state index contributed by atoms with van der Waals surface area (Å²) in [7, 11) is 0. The third-order valence-electron chi connectivity index (χ3n) is 3.00. The summed E-state index contributed by atoms with van der Waals surface area (Å²) >= 11 is 1.38. The predicted molar refractivity (Wildman–Crippen MR) is 88.1 cm³/mol. The molecule has 3 aromatic rings. The second-order valence-corrected chi connectivity index (χ2v) is 5.43. The first-order valence-electron chi connectivity index (χ1n) is 6.72.